The van der Waals surface area contributed by atoms with Crippen LogP contribution < -0.4 is 0 Å². The van der Waals surface area contributed by atoms with Gasteiger partial charge in [-0.3, -0.25) is 0 Å². The predicted octanol–water partition coefficient (Wildman–Crippen LogP) is 4.07. The van der Waals surface area contributed by atoms with Crippen LogP contribution in [0.15, 0.2) is 0 Å². The first-order valence-electron chi connectivity index (χ1n) is 4.77. The minimum Gasteiger partial charge on any atom is -0.369 e. The molecule has 0 saturated heterocycles. The van der Waals surface area contributed by atoms with Crippen molar-refractivity contribution in [2.75, 3.05) is 13.2 Å². The van der Waals surface area contributed by atoms with Crippen molar-refractivity contribution in [2.24, 2.45) is 0 Å². The minimum absolute atomic E-state index is 2.60. The lowest BCUT2D eigenvalue weighted by molar-refractivity contribution is -0.273. The lowest BCUT2D eigenvalue weighted by Gasteiger charge is -2.25. The average Bonchev–Trinajstić information content (AvgIpc) is 2.23. The van der Waals surface area contributed by atoms with Crippen LogP contribution in [0.25, 0.3) is 0 Å². The van der Waals surface area contributed by atoms with Gasteiger partial charge in [0.05, 0.1) is 0 Å². The van der Waals surface area contributed by atoms with Gasteiger partial charge in [-0.15, -0.1) is 0 Å². The molecule has 0 aliphatic heterocycles. The molecule has 0 unspecified atom stereocenters. The Kier molecular flexibility index (Phi) is 5.83. The molecule has 0 radical (unpaired) electrons. The highest BCUT2D eigenvalue weighted by Gasteiger charge is 2.59. The van der Waals surface area contributed by atoms with Gasteiger partial charge in [0, 0.05) is 0 Å². The third-order valence-corrected chi connectivity index (χ3v) is 1.91. The molecule has 0 heterocycles. The molecule has 0 bridgehead atoms. The topological polar surface area (TPSA) is 9.23 Å². The van der Waals surface area contributed by atoms with Crippen molar-refractivity contribution in [3.05, 3.63) is 0 Å². The Hall–Kier alpha value is -0.880. The molecule has 1 nitrogen and oxygen atoms in total. The summed E-state index contributed by atoms with van der Waals surface area (Å²) in [7, 11) is 0. The van der Waals surface area contributed by atoms with E-state index in [1.54, 1.807) is 0 Å². The van der Waals surface area contributed by atoms with Crippen molar-refractivity contribution < 1.29 is 57.4 Å². The standard InChI is InChI=1S/C8H6F12O/c9-3(7(15,16)17)5(11,12)1-21-2-6(13,14)4(10)8(18,19)20/h3-4H,1-2H2/t3-,4-/m1/s1. The van der Waals surface area contributed by atoms with Gasteiger partial charge in [-0.2, -0.15) is 26.3 Å². The Labute approximate surface area is 108 Å². The summed E-state index contributed by atoms with van der Waals surface area (Å²) < 4.78 is 148. The van der Waals surface area contributed by atoms with E-state index in [4.69, 9.17) is 0 Å². The fourth-order valence-corrected chi connectivity index (χ4v) is 0.948. The van der Waals surface area contributed by atoms with E-state index >= 15 is 0 Å². The summed E-state index contributed by atoms with van der Waals surface area (Å²) in [6, 6.07) is 0. The zero-order chi connectivity index (χ0) is 17.3. The maximum atomic E-state index is 12.5. The van der Waals surface area contributed by atoms with Crippen LogP contribution in [0.4, 0.5) is 52.7 Å². The molecule has 0 aromatic carbocycles. The quantitative estimate of drug-likeness (QED) is 0.659. The van der Waals surface area contributed by atoms with Gasteiger partial charge >= 0.3 is 24.2 Å². The number of alkyl halides is 12. The monoisotopic (exact) mass is 346 g/mol. The van der Waals surface area contributed by atoms with E-state index in [1.807, 2.05) is 0 Å². The van der Waals surface area contributed by atoms with E-state index in [0.717, 1.165) is 0 Å². The third-order valence-electron chi connectivity index (χ3n) is 1.91. The molecule has 21 heavy (non-hydrogen) atoms. The minimum atomic E-state index is -6.04. The molecule has 128 valence electrons. The number of rotatable bonds is 6. The SMILES string of the molecule is F[C@@H](C(F)(F)F)C(F)(F)COCC(F)(F)[C@@H](F)C(F)(F)F. The summed E-state index contributed by atoms with van der Waals surface area (Å²) in [5.74, 6) is -10.6. The average molecular weight is 346 g/mol. The van der Waals surface area contributed by atoms with E-state index < -0.39 is 49.8 Å². The van der Waals surface area contributed by atoms with Gasteiger partial charge in [-0.1, -0.05) is 0 Å². The molecule has 0 amide bonds. The van der Waals surface area contributed by atoms with Crippen molar-refractivity contribution in [3.8, 4) is 0 Å². The van der Waals surface area contributed by atoms with E-state index in [1.165, 1.54) is 0 Å². The van der Waals surface area contributed by atoms with Gasteiger partial charge in [0.25, 0.3) is 12.3 Å². The fourth-order valence-electron chi connectivity index (χ4n) is 0.948. The zero-order valence-electron chi connectivity index (χ0n) is 9.51. The summed E-state index contributed by atoms with van der Waals surface area (Å²) in [6.07, 6.45) is -21.6. The van der Waals surface area contributed by atoms with Crippen LogP contribution in [0.2, 0.25) is 0 Å². The lowest BCUT2D eigenvalue weighted by atomic mass is 10.2. The van der Waals surface area contributed by atoms with Gasteiger partial charge in [0.15, 0.2) is 0 Å². The molecule has 0 rings (SSSR count). The molecule has 2 atom stereocenters. The lowest BCUT2D eigenvalue weighted by Crippen LogP contribution is -2.48. The molecule has 13 heteroatoms. The van der Waals surface area contributed by atoms with Gasteiger partial charge in [-0.25, -0.2) is 26.3 Å². The second kappa shape index (κ2) is 6.08. The van der Waals surface area contributed by atoms with Crippen molar-refractivity contribution in [3.63, 3.8) is 0 Å². The van der Waals surface area contributed by atoms with Crippen LogP contribution in [-0.4, -0.2) is 49.8 Å². The largest absolute Gasteiger partial charge is 0.425 e. The number of hydrogen-bond donors (Lipinski definition) is 0. The first kappa shape index (κ1) is 20.1. The molecule has 0 aromatic heterocycles. The second-order valence-corrected chi connectivity index (χ2v) is 3.82. The molecule has 0 N–H and O–H groups in total. The Balaban J connectivity index is 4.62. The third kappa shape index (κ3) is 5.79. The summed E-state index contributed by atoms with van der Waals surface area (Å²) >= 11 is 0. The molecule has 0 fully saturated rings. The van der Waals surface area contributed by atoms with Crippen LogP contribution >= 0.6 is 0 Å². The Morgan fingerprint density at radius 1 is 0.571 bits per heavy atom. The van der Waals surface area contributed by atoms with Crippen LogP contribution in [0, 0.1) is 0 Å². The second-order valence-electron chi connectivity index (χ2n) is 3.82. The van der Waals surface area contributed by atoms with Crippen LogP contribution in [0.3, 0.4) is 0 Å². The Bertz CT molecular complexity index is 299. The normalized spacial score (nSPS) is 17.7. The number of hydrogen-bond acceptors (Lipinski definition) is 1. The smallest absolute Gasteiger partial charge is 0.369 e. The molecule has 0 aliphatic carbocycles. The first-order chi connectivity index (χ1) is 9.02. The van der Waals surface area contributed by atoms with Gasteiger partial charge in [-0.05, 0) is 0 Å². The summed E-state index contributed by atoms with van der Waals surface area (Å²) in [5.41, 5.74) is 0. The Morgan fingerprint density at radius 2 is 0.810 bits per heavy atom. The van der Waals surface area contributed by atoms with Crippen LogP contribution in [-0.2, 0) is 4.74 Å². The highest BCUT2D eigenvalue weighted by Crippen LogP contribution is 2.37. The molecule has 0 spiro atoms. The maximum absolute atomic E-state index is 12.5. The van der Waals surface area contributed by atoms with Crippen molar-refractivity contribution in [1.82, 2.24) is 0 Å². The van der Waals surface area contributed by atoms with Crippen LogP contribution in [0.5, 0.6) is 0 Å². The van der Waals surface area contributed by atoms with Gasteiger partial charge in [0.2, 0.25) is 0 Å². The van der Waals surface area contributed by atoms with Crippen molar-refractivity contribution in [1.29, 1.82) is 0 Å². The molecule has 0 aromatic rings. The van der Waals surface area contributed by atoms with E-state index in [-0.39, 0.29) is 0 Å². The molecular weight excluding hydrogens is 340 g/mol. The summed E-state index contributed by atoms with van der Waals surface area (Å²) in [5, 5.41) is 0. The summed E-state index contributed by atoms with van der Waals surface area (Å²) in [6.45, 7) is -5.21. The summed E-state index contributed by atoms with van der Waals surface area (Å²) in [4.78, 5) is 0. The highest BCUT2D eigenvalue weighted by atomic mass is 19.4. The van der Waals surface area contributed by atoms with E-state index in [9.17, 15) is 52.7 Å². The molecular formula is C8H6F12O. The van der Waals surface area contributed by atoms with E-state index in [2.05, 4.69) is 4.74 Å². The fraction of sp³-hybridized carbons (Fsp3) is 1.00. The van der Waals surface area contributed by atoms with Crippen molar-refractivity contribution >= 4 is 0 Å². The molecule has 0 aliphatic rings. The predicted molar refractivity (Wildman–Crippen MR) is 42.6 cm³/mol. The number of halogens is 12. The van der Waals surface area contributed by atoms with Crippen LogP contribution in [0.1, 0.15) is 0 Å². The van der Waals surface area contributed by atoms with Gasteiger partial charge < -0.3 is 4.74 Å². The zero-order valence-corrected chi connectivity index (χ0v) is 9.51. The van der Waals surface area contributed by atoms with Crippen molar-refractivity contribution in [2.45, 2.75) is 36.5 Å². The first-order valence-corrected chi connectivity index (χ1v) is 4.77. The van der Waals surface area contributed by atoms with E-state index in [0.29, 0.717) is 0 Å². The Morgan fingerprint density at radius 3 is 1.00 bits per heavy atom. The maximum Gasteiger partial charge on any atom is 0.425 e. The highest BCUT2D eigenvalue weighted by molar-refractivity contribution is 4.85. The molecule has 0 saturated carbocycles. The number of ether oxygens (including phenoxy) is 1. The van der Waals surface area contributed by atoms with Gasteiger partial charge in [0.1, 0.15) is 13.2 Å².